The highest BCUT2D eigenvalue weighted by Crippen LogP contribution is 2.05. The lowest BCUT2D eigenvalue weighted by Crippen LogP contribution is -2.18. The summed E-state index contributed by atoms with van der Waals surface area (Å²) in [5.41, 5.74) is 5.81. The summed E-state index contributed by atoms with van der Waals surface area (Å²) in [6, 6.07) is 5.15. The molecule has 0 aromatic carbocycles. The third-order valence-corrected chi connectivity index (χ3v) is 1.64. The van der Waals surface area contributed by atoms with Crippen LogP contribution in [0.1, 0.15) is 19.5 Å². The predicted molar refractivity (Wildman–Crippen MR) is 65.4 cm³/mol. The molecule has 1 aromatic heterocycles. The molecule has 0 unspecified atom stereocenters. The van der Waals surface area contributed by atoms with Gasteiger partial charge in [-0.25, -0.2) is 9.78 Å². The smallest absolute Gasteiger partial charge is 0.413 e. The van der Waals surface area contributed by atoms with E-state index in [-0.39, 0.29) is 12.6 Å². The number of aromatic nitrogens is 1. The summed E-state index contributed by atoms with van der Waals surface area (Å²) >= 11 is 0. The van der Waals surface area contributed by atoms with Crippen LogP contribution in [0.5, 0.6) is 0 Å². The number of nitrogens with one attached hydrogen (secondary N) is 1. The molecule has 0 atom stereocenters. The maximum atomic E-state index is 11.3. The number of ether oxygens (including phenoxy) is 1. The highest BCUT2D eigenvalue weighted by molar-refractivity contribution is 5.83. The van der Waals surface area contributed by atoms with Crippen molar-refractivity contribution in [3.8, 4) is 11.8 Å². The molecule has 0 radical (unpaired) electrons. The molecule has 0 aliphatic rings. The summed E-state index contributed by atoms with van der Waals surface area (Å²) in [7, 11) is 0. The Morgan fingerprint density at radius 3 is 3.00 bits per heavy atom. The fraction of sp³-hybridized carbons (Fsp3) is 0.333. The fourth-order valence-electron chi connectivity index (χ4n) is 1.06. The molecule has 0 fully saturated rings. The molecule has 5 nitrogen and oxygen atoms in total. The number of pyridine rings is 1. The SMILES string of the molecule is CC(C)OC(=O)Nc1cccc(C#CCN)n1. The van der Waals surface area contributed by atoms with Crippen molar-refractivity contribution < 1.29 is 9.53 Å². The highest BCUT2D eigenvalue weighted by atomic mass is 16.6. The molecule has 90 valence electrons. The molecular weight excluding hydrogens is 218 g/mol. The molecule has 17 heavy (non-hydrogen) atoms. The molecule has 1 rings (SSSR count). The van der Waals surface area contributed by atoms with E-state index in [1.165, 1.54) is 0 Å². The highest BCUT2D eigenvalue weighted by Gasteiger charge is 2.06. The lowest BCUT2D eigenvalue weighted by atomic mass is 10.3. The Morgan fingerprint density at radius 2 is 2.35 bits per heavy atom. The summed E-state index contributed by atoms with van der Waals surface area (Å²) in [5, 5.41) is 2.52. The third-order valence-electron chi connectivity index (χ3n) is 1.64. The number of amides is 1. The quantitative estimate of drug-likeness (QED) is 0.756. The van der Waals surface area contributed by atoms with Gasteiger partial charge in [0.1, 0.15) is 11.5 Å². The Kier molecular flexibility index (Phi) is 4.98. The zero-order valence-electron chi connectivity index (χ0n) is 9.86. The average molecular weight is 233 g/mol. The van der Waals surface area contributed by atoms with E-state index >= 15 is 0 Å². The second-order valence-electron chi connectivity index (χ2n) is 3.49. The monoisotopic (exact) mass is 233 g/mol. The maximum absolute atomic E-state index is 11.3. The number of hydrogen-bond acceptors (Lipinski definition) is 4. The Bertz CT molecular complexity index is 447. The Morgan fingerprint density at radius 1 is 1.59 bits per heavy atom. The van der Waals surface area contributed by atoms with Crippen LogP contribution < -0.4 is 11.1 Å². The average Bonchev–Trinajstić information content (AvgIpc) is 2.25. The van der Waals surface area contributed by atoms with Crippen molar-refractivity contribution in [2.45, 2.75) is 20.0 Å². The predicted octanol–water partition coefficient (Wildman–Crippen LogP) is 1.35. The van der Waals surface area contributed by atoms with Gasteiger partial charge in [0, 0.05) is 0 Å². The van der Waals surface area contributed by atoms with Crippen LogP contribution in [-0.4, -0.2) is 23.7 Å². The lowest BCUT2D eigenvalue weighted by molar-refractivity contribution is 0.130. The van der Waals surface area contributed by atoms with Crippen molar-refractivity contribution in [3.63, 3.8) is 0 Å². The molecule has 0 aliphatic carbocycles. The molecule has 0 bridgehead atoms. The first-order valence-electron chi connectivity index (χ1n) is 5.25. The van der Waals surface area contributed by atoms with Crippen molar-refractivity contribution >= 4 is 11.9 Å². The maximum Gasteiger partial charge on any atom is 0.413 e. The zero-order chi connectivity index (χ0) is 12.7. The molecule has 0 spiro atoms. The van der Waals surface area contributed by atoms with Crippen molar-refractivity contribution in [1.29, 1.82) is 0 Å². The van der Waals surface area contributed by atoms with Crippen molar-refractivity contribution in [2.24, 2.45) is 5.73 Å². The van der Waals surface area contributed by atoms with Crippen LogP contribution >= 0.6 is 0 Å². The molecule has 3 N–H and O–H groups in total. The minimum absolute atomic E-state index is 0.171. The molecule has 1 heterocycles. The standard InChI is InChI=1S/C12H15N3O2/c1-9(2)17-12(16)15-11-7-3-5-10(14-11)6-4-8-13/h3,5,7,9H,8,13H2,1-2H3,(H,14,15,16). The summed E-state index contributed by atoms with van der Waals surface area (Å²) in [6.45, 7) is 3.82. The van der Waals surface area contributed by atoms with Gasteiger partial charge in [0.05, 0.1) is 12.6 Å². The van der Waals surface area contributed by atoms with Crippen LogP contribution in [0.2, 0.25) is 0 Å². The minimum Gasteiger partial charge on any atom is -0.447 e. The molecule has 0 saturated carbocycles. The number of carbonyl (C=O) groups is 1. The van der Waals surface area contributed by atoms with E-state index in [1.54, 1.807) is 32.0 Å². The fourth-order valence-corrected chi connectivity index (χ4v) is 1.06. The van der Waals surface area contributed by atoms with Crippen LogP contribution in [-0.2, 0) is 4.74 Å². The molecule has 0 saturated heterocycles. The number of nitrogens with two attached hydrogens (primary N) is 1. The van der Waals surface area contributed by atoms with E-state index in [1.807, 2.05) is 0 Å². The molecule has 1 amide bonds. The zero-order valence-corrected chi connectivity index (χ0v) is 9.86. The van der Waals surface area contributed by atoms with Gasteiger partial charge < -0.3 is 10.5 Å². The van der Waals surface area contributed by atoms with Crippen molar-refractivity contribution in [1.82, 2.24) is 4.98 Å². The summed E-state index contributed by atoms with van der Waals surface area (Å²) < 4.78 is 4.93. The van der Waals surface area contributed by atoms with Crippen molar-refractivity contribution in [2.75, 3.05) is 11.9 Å². The number of anilines is 1. The molecule has 0 aliphatic heterocycles. The Labute approximate surface area is 100 Å². The van der Waals surface area contributed by atoms with Crippen LogP contribution in [0.15, 0.2) is 18.2 Å². The van der Waals surface area contributed by atoms with Crippen LogP contribution in [0, 0.1) is 11.8 Å². The van der Waals surface area contributed by atoms with E-state index in [0.29, 0.717) is 11.5 Å². The van der Waals surface area contributed by atoms with Gasteiger partial charge >= 0.3 is 6.09 Å². The van der Waals surface area contributed by atoms with E-state index in [2.05, 4.69) is 22.1 Å². The second-order valence-corrected chi connectivity index (χ2v) is 3.49. The second kappa shape index (κ2) is 6.51. The summed E-state index contributed by atoms with van der Waals surface area (Å²) in [5.74, 6) is 5.87. The first-order valence-corrected chi connectivity index (χ1v) is 5.25. The van der Waals surface area contributed by atoms with Gasteiger partial charge in [0.15, 0.2) is 0 Å². The van der Waals surface area contributed by atoms with Crippen LogP contribution in [0.25, 0.3) is 0 Å². The summed E-state index contributed by atoms with van der Waals surface area (Å²) in [6.07, 6.45) is -0.702. The topological polar surface area (TPSA) is 77.2 Å². The lowest BCUT2D eigenvalue weighted by Gasteiger charge is -2.08. The first-order chi connectivity index (χ1) is 8.11. The first kappa shape index (κ1) is 13.0. The van der Waals surface area contributed by atoms with Gasteiger partial charge in [0.25, 0.3) is 0 Å². The van der Waals surface area contributed by atoms with Crippen molar-refractivity contribution in [3.05, 3.63) is 23.9 Å². The van der Waals surface area contributed by atoms with E-state index in [0.717, 1.165) is 0 Å². The summed E-state index contributed by atoms with van der Waals surface area (Å²) in [4.78, 5) is 15.4. The number of nitrogens with zero attached hydrogens (tertiary/aromatic N) is 1. The number of rotatable bonds is 2. The van der Waals surface area contributed by atoms with E-state index < -0.39 is 6.09 Å². The normalized spacial score (nSPS) is 9.41. The minimum atomic E-state index is -0.531. The van der Waals surface area contributed by atoms with Gasteiger partial charge in [-0.05, 0) is 31.9 Å². The molecule has 5 heteroatoms. The largest absolute Gasteiger partial charge is 0.447 e. The van der Waals surface area contributed by atoms with Gasteiger partial charge in [-0.15, -0.1) is 0 Å². The van der Waals surface area contributed by atoms with E-state index in [4.69, 9.17) is 10.5 Å². The van der Waals surface area contributed by atoms with E-state index in [9.17, 15) is 4.79 Å². The number of carbonyl (C=O) groups excluding carboxylic acids is 1. The van der Waals surface area contributed by atoms with Gasteiger partial charge in [0.2, 0.25) is 0 Å². The van der Waals surface area contributed by atoms with Gasteiger partial charge in [-0.1, -0.05) is 12.0 Å². The third kappa shape index (κ3) is 5.00. The van der Waals surface area contributed by atoms with Crippen LogP contribution in [0.4, 0.5) is 10.6 Å². The van der Waals surface area contributed by atoms with Gasteiger partial charge in [-0.3, -0.25) is 5.32 Å². The molecule has 1 aromatic rings. The van der Waals surface area contributed by atoms with Gasteiger partial charge in [-0.2, -0.15) is 0 Å². The molecular formula is C12H15N3O2. The Balaban J connectivity index is 2.68. The Hall–Kier alpha value is -2.06. The number of hydrogen-bond donors (Lipinski definition) is 2. The van der Waals surface area contributed by atoms with Crippen LogP contribution in [0.3, 0.4) is 0 Å².